The highest BCUT2D eigenvalue weighted by Gasteiger charge is 2.07. The molecule has 0 fully saturated rings. The molecular weight excluding hydrogens is 198 g/mol. The van der Waals surface area contributed by atoms with Crippen LogP contribution >= 0.6 is 23.2 Å². The summed E-state index contributed by atoms with van der Waals surface area (Å²) in [4.78, 5) is 0. The molecule has 0 amide bonds. The van der Waals surface area contributed by atoms with Crippen LogP contribution in [0.2, 0.25) is 0 Å². The third kappa shape index (κ3) is 2.36. The maximum atomic E-state index is 12.5. The van der Waals surface area contributed by atoms with E-state index in [1.807, 2.05) is 0 Å². The number of halogens is 3. The zero-order chi connectivity index (χ0) is 8.97. The summed E-state index contributed by atoms with van der Waals surface area (Å²) in [6, 6.07) is 6.26. The minimum Gasteiger partial charge on any atom is -0.207 e. The van der Waals surface area contributed by atoms with E-state index in [9.17, 15) is 4.39 Å². The number of hydrogen-bond donors (Lipinski definition) is 0. The third-order valence-electron chi connectivity index (χ3n) is 1.71. The molecule has 0 aliphatic carbocycles. The molecule has 0 heterocycles. The Balaban J connectivity index is 2.80. The van der Waals surface area contributed by atoms with Gasteiger partial charge in [0.2, 0.25) is 0 Å². The van der Waals surface area contributed by atoms with Gasteiger partial charge in [0.25, 0.3) is 0 Å². The Morgan fingerprint density at radius 2 is 1.58 bits per heavy atom. The fourth-order valence-electron chi connectivity index (χ4n) is 0.954. The largest absolute Gasteiger partial charge is 0.207 e. The normalized spacial score (nSPS) is 10.7. The molecule has 0 bridgehead atoms. The molecule has 0 saturated heterocycles. The summed E-state index contributed by atoms with van der Waals surface area (Å²) in [5, 5.41) is 0. The molecule has 1 rings (SSSR count). The standard InChI is InChI=1S/C9H9Cl2F/c10-5-8(6-11)7-1-3-9(12)4-2-7/h1-4,8H,5-6H2. The molecule has 1 aromatic rings. The number of benzene rings is 1. The van der Waals surface area contributed by atoms with Crippen molar-refractivity contribution in [1.82, 2.24) is 0 Å². The smallest absolute Gasteiger partial charge is 0.123 e. The van der Waals surface area contributed by atoms with E-state index in [0.29, 0.717) is 11.8 Å². The first-order valence-corrected chi connectivity index (χ1v) is 4.72. The van der Waals surface area contributed by atoms with Gasteiger partial charge >= 0.3 is 0 Å². The van der Waals surface area contributed by atoms with Gasteiger partial charge < -0.3 is 0 Å². The van der Waals surface area contributed by atoms with Crippen molar-refractivity contribution in [2.45, 2.75) is 5.92 Å². The van der Waals surface area contributed by atoms with Crippen LogP contribution in [-0.2, 0) is 0 Å². The second-order valence-corrected chi connectivity index (χ2v) is 3.17. The van der Waals surface area contributed by atoms with Gasteiger partial charge in [-0.3, -0.25) is 0 Å². The lowest BCUT2D eigenvalue weighted by atomic mass is 10.0. The van der Waals surface area contributed by atoms with Crippen molar-refractivity contribution in [2.75, 3.05) is 11.8 Å². The summed E-state index contributed by atoms with van der Waals surface area (Å²) in [5.41, 5.74) is 0.987. The highest BCUT2D eigenvalue weighted by molar-refractivity contribution is 6.21. The van der Waals surface area contributed by atoms with Crippen molar-refractivity contribution in [2.24, 2.45) is 0 Å². The summed E-state index contributed by atoms with van der Waals surface area (Å²) < 4.78 is 12.5. The molecule has 3 heteroatoms. The summed E-state index contributed by atoms with van der Waals surface area (Å²) in [6.45, 7) is 0. The van der Waals surface area contributed by atoms with Gasteiger partial charge in [0.05, 0.1) is 0 Å². The van der Waals surface area contributed by atoms with E-state index in [4.69, 9.17) is 23.2 Å². The van der Waals surface area contributed by atoms with Crippen molar-refractivity contribution < 1.29 is 4.39 Å². The molecule has 0 N–H and O–H groups in total. The molecule has 12 heavy (non-hydrogen) atoms. The molecule has 0 saturated carbocycles. The van der Waals surface area contributed by atoms with Gasteiger partial charge in [0, 0.05) is 17.7 Å². The zero-order valence-electron chi connectivity index (χ0n) is 6.43. The molecule has 1 aromatic carbocycles. The average molecular weight is 207 g/mol. The fraction of sp³-hybridized carbons (Fsp3) is 0.333. The van der Waals surface area contributed by atoms with Gasteiger partial charge in [0.1, 0.15) is 5.82 Å². The van der Waals surface area contributed by atoms with E-state index in [0.717, 1.165) is 5.56 Å². The highest BCUT2D eigenvalue weighted by Crippen LogP contribution is 2.18. The number of alkyl halides is 2. The predicted octanol–water partition coefficient (Wildman–Crippen LogP) is 3.39. The van der Waals surface area contributed by atoms with Gasteiger partial charge in [-0.15, -0.1) is 23.2 Å². The van der Waals surface area contributed by atoms with E-state index < -0.39 is 0 Å². The molecule has 0 radical (unpaired) electrons. The molecule has 0 nitrogen and oxygen atoms in total. The van der Waals surface area contributed by atoms with Gasteiger partial charge in [0.15, 0.2) is 0 Å². The van der Waals surface area contributed by atoms with Gasteiger partial charge in [-0.05, 0) is 17.7 Å². The maximum absolute atomic E-state index is 12.5. The Hall–Kier alpha value is -0.270. The van der Waals surface area contributed by atoms with Crippen molar-refractivity contribution in [3.8, 4) is 0 Å². The van der Waals surface area contributed by atoms with Crippen LogP contribution in [-0.4, -0.2) is 11.8 Å². The zero-order valence-corrected chi connectivity index (χ0v) is 7.95. The molecule has 0 unspecified atom stereocenters. The summed E-state index contributed by atoms with van der Waals surface area (Å²) in [6.07, 6.45) is 0. The number of hydrogen-bond acceptors (Lipinski definition) is 0. The molecule has 0 spiro atoms. The second kappa shape index (κ2) is 4.68. The van der Waals surface area contributed by atoms with E-state index in [1.54, 1.807) is 12.1 Å². The van der Waals surface area contributed by atoms with Crippen molar-refractivity contribution >= 4 is 23.2 Å². The highest BCUT2D eigenvalue weighted by atomic mass is 35.5. The Bertz CT molecular complexity index is 229. The van der Waals surface area contributed by atoms with E-state index in [1.165, 1.54) is 12.1 Å². The first-order chi connectivity index (χ1) is 5.77. The van der Waals surface area contributed by atoms with Crippen molar-refractivity contribution in [3.63, 3.8) is 0 Å². The van der Waals surface area contributed by atoms with Crippen LogP contribution in [0.3, 0.4) is 0 Å². The van der Waals surface area contributed by atoms with Crippen LogP contribution in [0.15, 0.2) is 24.3 Å². The maximum Gasteiger partial charge on any atom is 0.123 e. The summed E-state index contributed by atoms with van der Waals surface area (Å²) >= 11 is 11.3. The molecule has 66 valence electrons. The minimum absolute atomic E-state index is 0.119. The van der Waals surface area contributed by atoms with E-state index in [-0.39, 0.29) is 11.7 Å². The Kier molecular flexibility index (Phi) is 3.83. The summed E-state index contributed by atoms with van der Waals surface area (Å²) in [5.74, 6) is 0.820. The fourth-order valence-corrected chi connectivity index (χ4v) is 1.64. The first-order valence-electron chi connectivity index (χ1n) is 3.65. The van der Waals surface area contributed by atoms with Gasteiger partial charge in [-0.2, -0.15) is 0 Å². The van der Waals surface area contributed by atoms with Crippen LogP contribution in [0.25, 0.3) is 0 Å². The predicted molar refractivity (Wildman–Crippen MR) is 50.6 cm³/mol. The molecule has 0 atom stereocenters. The van der Waals surface area contributed by atoms with Crippen LogP contribution in [0.4, 0.5) is 4.39 Å². The van der Waals surface area contributed by atoms with E-state index >= 15 is 0 Å². The van der Waals surface area contributed by atoms with Gasteiger partial charge in [-0.1, -0.05) is 12.1 Å². The van der Waals surface area contributed by atoms with E-state index in [2.05, 4.69) is 0 Å². The topological polar surface area (TPSA) is 0 Å². The SMILES string of the molecule is Fc1ccc(C(CCl)CCl)cc1. The number of rotatable bonds is 3. The average Bonchev–Trinajstić information content (AvgIpc) is 2.10. The lowest BCUT2D eigenvalue weighted by Gasteiger charge is -2.09. The minimum atomic E-state index is -0.235. The second-order valence-electron chi connectivity index (χ2n) is 2.56. The van der Waals surface area contributed by atoms with Crippen LogP contribution in [0.1, 0.15) is 11.5 Å². The Labute approximate surface area is 81.3 Å². The summed E-state index contributed by atoms with van der Waals surface area (Å²) in [7, 11) is 0. The Morgan fingerprint density at radius 3 is 2.00 bits per heavy atom. The van der Waals surface area contributed by atoms with Crippen LogP contribution in [0.5, 0.6) is 0 Å². The molecule has 0 aromatic heterocycles. The lowest BCUT2D eigenvalue weighted by molar-refractivity contribution is 0.626. The van der Waals surface area contributed by atoms with Gasteiger partial charge in [-0.25, -0.2) is 4.39 Å². The lowest BCUT2D eigenvalue weighted by Crippen LogP contribution is -2.01. The van der Waals surface area contributed by atoms with Crippen LogP contribution < -0.4 is 0 Å². The molecule has 0 aliphatic heterocycles. The first kappa shape index (κ1) is 9.82. The molecule has 0 aliphatic rings. The van der Waals surface area contributed by atoms with Crippen molar-refractivity contribution in [3.05, 3.63) is 35.6 Å². The van der Waals surface area contributed by atoms with Crippen molar-refractivity contribution in [1.29, 1.82) is 0 Å². The Morgan fingerprint density at radius 1 is 1.08 bits per heavy atom. The quantitative estimate of drug-likeness (QED) is 0.666. The van der Waals surface area contributed by atoms with Crippen LogP contribution in [0, 0.1) is 5.82 Å². The third-order valence-corrected chi connectivity index (χ3v) is 2.46. The monoisotopic (exact) mass is 206 g/mol. The molecular formula is C9H9Cl2F.